The average Bonchev–Trinajstić information content (AvgIpc) is 2.59. The third-order valence-corrected chi connectivity index (χ3v) is 2.07. The minimum Gasteiger partial charge on any atom is -0.493 e. The van der Waals surface area contributed by atoms with Crippen molar-refractivity contribution in [2.75, 3.05) is 20.3 Å². The molecule has 1 aromatic rings. The van der Waals surface area contributed by atoms with E-state index in [0.717, 1.165) is 0 Å². The van der Waals surface area contributed by atoms with E-state index in [1.807, 2.05) is 6.92 Å². The van der Waals surface area contributed by atoms with Crippen LogP contribution in [0.3, 0.4) is 0 Å². The monoisotopic (exact) mass is 212 g/mol. The summed E-state index contributed by atoms with van der Waals surface area (Å²) in [5.41, 5.74) is 0.497. The summed E-state index contributed by atoms with van der Waals surface area (Å²) in [6, 6.07) is 0. The van der Waals surface area contributed by atoms with Crippen molar-refractivity contribution in [3.05, 3.63) is 11.9 Å². The lowest BCUT2D eigenvalue weighted by Gasteiger charge is -2.04. The predicted octanol–water partition coefficient (Wildman–Crippen LogP) is 1.04. The van der Waals surface area contributed by atoms with E-state index in [2.05, 4.69) is 5.10 Å². The molecule has 84 valence electrons. The van der Waals surface area contributed by atoms with Crippen LogP contribution in [-0.4, -0.2) is 35.9 Å². The van der Waals surface area contributed by atoms with Crippen LogP contribution in [0.2, 0.25) is 0 Å². The first-order chi connectivity index (χ1) is 7.20. The molecule has 0 N–H and O–H groups in total. The van der Waals surface area contributed by atoms with Gasteiger partial charge < -0.3 is 9.47 Å². The van der Waals surface area contributed by atoms with Crippen LogP contribution in [0.5, 0.6) is 5.75 Å². The van der Waals surface area contributed by atoms with Gasteiger partial charge in [-0.05, 0) is 6.92 Å². The molecule has 0 spiro atoms. The molecule has 1 heterocycles. The number of carbonyl (C=O) groups excluding carboxylic acids is 1. The second kappa shape index (κ2) is 5.50. The quantitative estimate of drug-likeness (QED) is 0.522. The van der Waals surface area contributed by atoms with Gasteiger partial charge in [0.05, 0.1) is 19.9 Å². The first-order valence-corrected chi connectivity index (χ1v) is 4.87. The molecule has 0 saturated heterocycles. The number of aryl methyl sites for hydroxylation is 1. The molecule has 0 fully saturated rings. The number of ketones is 1. The number of nitrogens with zero attached hydrogens (tertiary/aromatic N) is 2. The smallest absolute Gasteiger partial charge is 0.186 e. The fraction of sp³-hybridized carbons (Fsp3) is 0.600. The van der Waals surface area contributed by atoms with E-state index in [1.165, 1.54) is 18.0 Å². The van der Waals surface area contributed by atoms with Crippen molar-refractivity contribution in [2.45, 2.75) is 13.3 Å². The molecular weight excluding hydrogens is 196 g/mol. The Bertz CT molecular complexity index is 333. The van der Waals surface area contributed by atoms with E-state index in [0.29, 0.717) is 31.1 Å². The minimum atomic E-state index is -0.0136. The van der Waals surface area contributed by atoms with Gasteiger partial charge in [-0.15, -0.1) is 0 Å². The number of rotatable bonds is 6. The number of hydrogen-bond acceptors (Lipinski definition) is 4. The van der Waals surface area contributed by atoms with Crippen molar-refractivity contribution in [3.63, 3.8) is 0 Å². The lowest BCUT2D eigenvalue weighted by molar-refractivity contribution is 0.0884. The zero-order valence-electron chi connectivity index (χ0n) is 9.32. The maximum absolute atomic E-state index is 11.8. The summed E-state index contributed by atoms with van der Waals surface area (Å²) < 4.78 is 11.7. The molecule has 0 bridgehead atoms. The Kier molecular flexibility index (Phi) is 4.30. The number of hydrogen-bond donors (Lipinski definition) is 0. The fourth-order valence-electron chi connectivity index (χ4n) is 1.31. The van der Waals surface area contributed by atoms with Gasteiger partial charge in [0, 0.05) is 20.1 Å². The topological polar surface area (TPSA) is 53.4 Å². The fourth-order valence-corrected chi connectivity index (χ4v) is 1.31. The van der Waals surface area contributed by atoms with Crippen LogP contribution in [0.1, 0.15) is 23.8 Å². The van der Waals surface area contributed by atoms with Crippen molar-refractivity contribution in [1.29, 1.82) is 0 Å². The largest absolute Gasteiger partial charge is 0.493 e. The first-order valence-electron chi connectivity index (χ1n) is 4.87. The maximum atomic E-state index is 11.8. The van der Waals surface area contributed by atoms with Crippen LogP contribution in [-0.2, 0) is 11.8 Å². The molecule has 0 aliphatic carbocycles. The Morgan fingerprint density at radius 2 is 2.33 bits per heavy atom. The Hall–Kier alpha value is -1.36. The molecule has 1 rings (SSSR count). The summed E-state index contributed by atoms with van der Waals surface area (Å²) in [4.78, 5) is 11.8. The highest BCUT2D eigenvalue weighted by molar-refractivity contribution is 5.97. The van der Waals surface area contributed by atoms with Gasteiger partial charge in [0.25, 0.3) is 0 Å². The molecule has 1 aromatic heterocycles. The third-order valence-electron chi connectivity index (χ3n) is 2.07. The van der Waals surface area contributed by atoms with Gasteiger partial charge in [-0.25, -0.2) is 0 Å². The van der Waals surface area contributed by atoms with Crippen molar-refractivity contribution in [2.24, 2.45) is 7.05 Å². The number of carbonyl (C=O) groups is 1. The van der Waals surface area contributed by atoms with Crippen LogP contribution in [0.25, 0.3) is 0 Å². The van der Waals surface area contributed by atoms with Crippen LogP contribution in [0.4, 0.5) is 0 Å². The van der Waals surface area contributed by atoms with Crippen molar-refractivity contribution in [3.8, 4) is 5.75 Å². The van der Waals surface area contributed by atoms with E-state index in [-0.39, 0.29) is 5.78 Å². The minimum absolute atomic E-state index is 0.0136. The SMILES string of the molecule is CCOCCC(=O)c1c(OC)cnn1C. The molecule has 5 heteroatoms. The van der Waals surface area contributed by atoms with Crippen LogP contribution in [0, 0.1) is 0 Å². The molecule has 0 amide bonds. The summed E-state index contributed by atoms with van der Waals surface area (Å²) in [6.07, 6.45) is 1.89. The molecule has 0 aromatic carbocycles. The molecule has 0 saturated carbocycles. The number of Topliss-reactive ketones (excluding diaryl/α,β-unsaturated/α-hetero) is 1. The summed E-state index contributed by atoms with van der Waals surface area (Å²) in [5.74, 6) is 0.499. The van der Waals surface area contributed by atoms with Gasteiger partial charge in [-0.2, -0.15) is 5.10 Å². The molecule has 0 atom stereocenters. The molecule has 0 radical (unpaired) electrons. The second-order valence-electron chi connectivity index (χ2n) is 3.06. The van der Waals surface area contributed by atoms with Crippen molar-refractivity contribution in [1.82, 2.24) is 9.78 Å². The zero-order chi connectivity index (χ0) is 11.3. The van der Waals surface area contributed by atoms with E-state index < -0.39 is 0 Å². The van der Waals surface area contributed by atoms with Gasteiger partial charge in [0.2, 0.25) is 0 Å². The number of ether oxygens (including phenoxy) is 2. The second-order valence-corrected chi connectivity index (χ2v) is 3.06. The van der Waals surface area contributed by atoms with Crippen LogP contribution in [0.15, 0.2) is 6.20 Å². The number of aromatic nitrogens is 2. The van der Waals surface area contributed by atoms with Gasteiger partial charge in [0.15, 0.2) is 11.5 Å². The van der Waals surface area contributed by atoms with Crippen LogP contribution >= 0.6 is 0 Å². The summed E-state index contributed by atoms with van der Waals surface area (Å²) in [5, 5.41) is 3.97. The lowest BCUT2D eigenvalue weighted by atomic mass is 10.2. The standard InChI is InChI=1S/C10H16N2O3/c1-4-15-6-5-8(13)10-9(14-3)7-11-12(10)2/h7H,4-6H2,1-3H3. The summed E-state index contributed by atoms with van der Waals surface area (Å²) in [7, 11) is 3.24. The van der Waals surface area contributed by atoms with Crippen molar-refractivity contribution < 1.29 is 14.3 Å². The van der Waals surface area contributed by atoms with Crippen molar-refractivity contribution >= 4 is 5.78 Å². The van der Waals surface area contributed by atoms with Gasteiger partial charge in [0.1, 0.15) is 5.69 Å². The highest BCUT2D eigenvalue weighted by Crippen LogP contribution is 2.17. The molecular formula is C10H16N2O3. The van der Waals surface area contributed by atoms with E-state index in [1.54, 1.807) is 7.05 Å². The van der Waals surface area contributed by atoms with Crippen LogP contribution < -0.4 is 4.74 Å². The highest BCUT2D eigenvalue weighted by Gasteiger charge is 2.16. The Balaban J connectivity index is 2.67. The summed E-state index contributed by atoms with van der Waals surface area (Å²) >= 11 is 0. The Labute approximate surface area is 89.0 Å². The molecule has 0 unspecified atom stereocenters. The highest BCUT2D eigenvalue weighted by atomic mass is 16.5. The zero-order valence-corrected chi connectivity index (χ0v) is 9.32. The van der Waals surface area contributed by atoms with Gasteiger partial charge >= 0.3 is 0 Å². The third kappa shape index (κ3) is 2.79. The normalized spacial score (nSPS) is 10.3. The molecule has 0 aliphatic rings. The van der Waals surface area contributed by atoms with Gasteiger partial charge in [-0.1, -0.05) is 0 Å². The van der Waals surface area contributed by atoms with Gasteiger partial charge in [-0.3, -0.25) is 9.48 Å². The summed E-state index contributed by atoms with van der Waals surface area (Å²) in [6.45, 7) is 2.95. The van der Waals surface area contributed by atoms with E-state index in [4.69, 9.17) is 9.47 Å². The predicted molar refractivity (Wildman–Crippen MR) is 55.2 cm³/mol. The first kappa shape index (κ1) is 11.7. The Morgan fingerprint density at radius 3 is 2.93 bits per heavy atom. The molecule has 5 nitrogen and oxygen atoms in total. The van der Waals surface area contributed by atoms with E-state index >= 15 is 0 Å². The lowest BCUT2D eigenvalue weighted by Crippen LogP contribution is -2.11. The van der Waals surface area contributed by atoms with E-state index in [9.17, 15) is 4.79 Å². The average molecular weight is 212 g/mol. The maximum Gasteiger partial charge on any atom is 0.186 e. The molecule has 0 aliphatic heterocycles. The molecule has 15 heavy (non-hydrogen) atoms. The number of methoxy groups -OCH3 is 1. The Morgan fingerprint density at radius 1 is 1.60 bits per heavy atom.